The SMILES string of the molecule is CCCNC(CN1CCCN(C)CC1C)C(=O)OCC. The molecule has 0 saturated carbocycles. The molecule has 0 aromatic rings. The molecule has 1 saturated heterocycles. The largest absolute Gasteiger partial charge is 0.465 e. The number of hydrogen-bond acceptors (Lipinski definition) is 5. The summed E-state index contributed by atoms with van der Waals surface area (Å²) in [5.74, 6) is -0.120. The zero-order valence-corrected chi connectivity index (χ0v) is 13.5. The Morgan fingerprint density at radius 1 is 1.40 bits per heavy atom. The number of likely N-dealkylation sites (N-methyl/N-ethyl adjacent to an activating group) is 1. The smallest absolute Gasteiger partial charge is 0.324 e. The van der Waals surface area contributed by atoms with Crippen molar-refractivity contribution in [3.8, 4) is 0 Å². The first kappa shape index (κ1) is 17.4. The van der Waals surface area contributed by atoms with Crippen molar-refractivity contribution in [3.05, 3.63) is 0 Å². The molecule has 5 heteroatoms. The third-order valence-electron chi connectivity index (χ3n) is 3.81. The van der Waals surface area contributed by atoms with Gasteiger partial charge in [-0.1, -0.05) is 6.92 Å². The number of carbonyl (C=O) groups excluding carboxylic acids is 1. The molecule has 0 radical (unpaired) electrons. The minimum atomic E-state index is -0.208. The van der Waals surface area contributed by atoms with Crippen LogP contribution in [0.4, 0.5) is 0 Å². The normalized spacial score (nSPS) is 23.3. The Morgan fingerprint density at radius 2 is 2.15 bits per heavy atom. The zero-order valence-electron chi connectivity index (χ0n) is 13.5. The fraction of sp³-hybridized carbons (Fsp3) is 0.933. The molecule has 1 heterocycles. The third-order valence-corrected chi connectivity index (χ3v) is 3.81. The summed E-state index contributed by atoms with van der Waals surface area (Å²) in [7, 11) is 2.16. The lowest BCUT2D eigenvalue weighted by atomic mass is 10.2. The minimum Gasteiger partial charge on any atom is -0.465 e. The molecule has 0 amide bonds. The molecule has 0 bridgehead atoms. The third kappa shape index (κ3) is 5.77. The predicted octanol–water partition coefficient (Wildman–Crippen LogP) is 0.944. The van der Waals surface area contributed by atoms with E-state index in [1.165, 1.54) is 0 Å². The summed E-state index contributed by atoms with van der Waals surface area (Å²) in [5, 5.41) is 3.32. The molecule has 118 valence electrons. The Kier molecular flexibility index (Phi) is 8.11. The molecule has 1 rings (SSSR count). The van der Waals surface area contributed by atoms with Gasteiger partial charge in [0.1, 0.15) is 6.04 Å². The molecule has 0 aromatic heterocycles. The second kappa shape index (κ2) is 9.32. The van der Waals surface area contributed by atoms with Crippen LogP contribution in [0, 0.1) is 0 Å². The number of nitrogens with zero attached hydrogens (tertiary/aromatic N) is 2. The monoisotopic (exact) mass is 285 g/mol. The molecule has 2 unspecified atom stereocenters. The lowest BCUT2D eigenvalue weighted by molar-refractivity contribution is -0.146. The van der Waals surface area contributed by atoms with Crippen molar-refractivity contribution in [2.75, 3.05) is 46.4 Å². The minimum absolute atomic E-state index is 0.120. The summed E-state index contributed by atoms with van der Waals surface area (Å²) in [6.45, 7) is 11.5. The first-order valence-electron chi connectivity index (χ1n) is 7.91. The van der Waals surface area contributed by atoms with Crippen LogP contribution in [0.1, 0.15) is 33.6 Å². The summed E-state index contributed by atoms with van der Waals surface area (Å²) in [6, 6.07) is 0.267. The van der Waals surface area contributed by atoms with Gasteiger partial charge in [-0.15, -0.1) is 0 Å². The lowest BCUT2D eigenvalue weighted by Crippen LogP contribution is -2.50. The summed E-state index contributed by atoms with van der Waals surface area (Å²) in [6.07, 6.45) is 2.18. The van der Waals surface area contributed by atoms with Crippen molar-refractivity contribution >= 4 is 5.97 Å². The van der Waals surface area contributed by atoms with Crippen LogP contribution in [0.15, 0.2) is 0 Å². The Hall–Kier alpha value is -0.650. The van der Waals surface area contributed by atoms with Gasteiger partial charge in [0, 0.05) is 19.1 Å². The Labute approximate surface area is 123 Å². The molecule has 1 fully saturated rings. The quantitative estimate of drug-likeness (QED) is 0.706. The van der Waals surface area contributed by atoms with Crippen LogP contribution in [-0.4, -0.2) is 74.2 Å². The highest BCUT2D eigenvalue weighted by molar-refractivity contribution is 5.76. The molecule has 2 atom stereocenters. The van der Waals surface area contributed by atoms with E-state index >= 15 is 0 Å². The standard InChI is InChI=1S/C15H31N3O2/c1-5-8-16-14(15(19)20-6-2)12-18-10-7-9-17(4)11-13(18)3/h13-14,16H,5-12H2,1-4H3. The van der Waals surface area contributed by atoms with Crippen LogP contribution < -0.4 is 5.32 Å². The molecule has 1 aliphatic heterocycles. The van der Waals surface area contributed by atoms with E-state index < -0.39 is 0 Å². The van der Waals surface area contributed by atoms with Crippen molar-refractivity contribution in [1.29, 1.82) is 0 Å². The summed E-state index contributed by atoms with van der Waals surface area (Å²) in [5.41, 5.74) is 0. The maximum atomic E-state index is 12.1. The van der Waals surface area contributed by atoms with Gasteiger partial charge < -0.3 is 15.0 Å². The van der Waals surface area contributed by atoms with E-state index in [9.17, 15) is 4.79 Å². The van der Waals surface area contributed by atoms with Gasteiger partial charge in [0.25, 0.3) is 0 Å². The second-order valence-electron chi connectivity index (χ2n) is 5.72. The van der Waals surface area contributed by atoms with Crippen molar-refractivity contribution in [2.24, 2.45) is 0 Å². The maximum absolute atomic E-state index is 12.1. The van der Waals surface area contributed by atoms with E-state index in [1.807, 2.05) is 6.92 Å². The van der Waals surface area contributed by atoms with Crippen LogP contribution >= 0.6 is 0 Å². The lowest BCUT2D eigenvalue weighted by Gasteiger charge is -2.31. The van der Waals surface area contributed by atoms with Crippen LogP contribution in [0.3, 0.4) is 0 Å². The number of carbonyl (C=O) groups is 1. The van der Waals surface area contributed by atoms with Gasteiger partial charge in [-0.25, -0.2) is 0 Å². The van der Waals surface area contributed by atoms with E-state index in [2.05, 4.69) is 36.0 Å². The highest BCUT2D eigenvalue weighted by Gasteiger charge is 2.26. The van der Waals surface area contributed by atoms with Gasteiger partial charge in [-0.05, 0) is 53.4 Å². The summed E-state index contributed by atoms with van der Waals surface area (Å²) in [4.78, 5) is 16.8. The highest BCUT2D eigenvalue weighted by atomic mass is 16.5. The Bertz CT molecular complexity index is 286. The number of nitrogens with one attached hydrogen (secondary N) is 1. The molecule has 20 heavy (non-hydrogen) atoms. The second-order valence-corrected chi connectivity index (χ2v) is 5.72. The first-order valence-corrected chi connectivity index (χ1v) is 7.91. The van der Waals surface area contributed by atoms with E-state index in [-0.39, 0.29) is 12.0 Å². The number of ether oxygens (including phenoxy) is 1. The molecule has 5 nitrogen and oxygen atoms in total. The molecular weight excluding hydrogens is 254 g/mol. The van der Waals surface area contributed by atoms with Crippen LogP contribution in [0.2, 0.25) is 0 Å². The number of rotatable bonds is 7. The topological polar surface area (TPSA) is 44.8 Å². The molecular formula is C15H31N3O2. The number of esters is 1. The predicted molar refractivity (Wildman–Crippen MR) is 81.9 cm³/mol. The van der Waals surface area contributed by atoms with Crippen LogP contribution in [0.5, 0.6) is 0 Å². The van der Waals surface area contributed by atoms with E-state index in [0.29, 0.717) is 12.6 Å². The van der Waals surface area contributed by atoms with E-state index in [4.69, 9.17) is 4.74 Å². The molecule has 1 N–H and O–H groups in total. The average molecular weight is 285 g/mol. The van der Waals surface area contributed by atoms with E-state index in [0.717, 1.165) is 45.6 Å². The van der Waals surface area contributed by atoms with Gasteiger partial charge in [0.2, 0.25) is 0 Å². The summed E-state index contributed by atoms with van der Waals surface area (Å²) < 4.78 is 5.19. The summed E-state index contributed by atoms with van der Waals surface area (Å²) >= 11 is 0. The molecule has 0 aromatic carbocycles. The van der Waals surface area contributed by atoms with Gasteiger partial charge in [0.15, 0.2) is 0 Å². The van der Waals surface area contributed by atoms with Gasteiger partial charge in [0.05, 0.1) is 6.61 Å². The molecule has 0 aliphatic carbocycles. The molecule has 1 aliphatic rings. The zero-order chi connectivity index (χ0) is 15.0. The van der Waals surface area contributed by atoms with Crippen molar-refractivity contribution in [1.82, 2.24) is 15.1 Å². The maximum Gasteiger partial charge on any atom is 0.324 e. The first-order chi connectivity index (χ1) is 9.58. The average Bonchev–Trinajstić information content (AvgIpc) is 2.56. The highest BCUT2D eigenvalue weighted by Crippen LogP contribution is 2.09. The van der Waals surface area contributed by atoms with Crippen molar-refractivity contribution < 1.29 is 9.53 Å². The van der Waals surface area contributed by atoms with Gasteiger partial charge >= 0.3 is 5.97 Å². The van der Waals surface area contributed by atoms with Crippen LogP contribution in [-0.2, 0) is 9.53 Å². The van der Waals surface area contributed by atoms with Crippen molar-refractivity contribution in [3.63, 3.8) is 0 Å². The Morgan fingerprint density at radius 3 is 2.80 bits per heavy atom. The fourth-order valence-corrected chi connectivity index (χ4v) is 2.71. The molecule has 0 spiro atoms. The van der Waals surface area contributed by atoms with Gasteiger partial charge in [-0.3, -0.25) is 9.69 Å². The van der Waals surface area contributed by atoms with Gasteiger partial charge in [-0.2, -0.15) is 0 Å². The van der Waals surface area contributed by atoms with Crippen molar-refractivity contribution in [2.45, 2.75) is 45.7 Å². The fourth-order valence-electron chi connectivity index (χ4n) is 2.71. The van der Waals surface area contributed by atoms with Crippen LogP contribution in [0.25, 0.3) is 0 Å². The number of hydrogen-bond donors (Lipinski definition) is 1. The Balaban J connectivity index is 2.59. The van der Waals surface area contributed by atoms with E-state index in [1.54, 1.807) is 0 Å².